The molecule has 0 spiro atoms. The second-order valence-electron chi connectivity index (χ2n) is 5.95. The summed E-state index contributed by atoms with van der Waals surface area (Å²) in [7, 11) is 0. The summed E-state index contributed by atoms with van der Waals surface area (Å²) >= 11 is 0. The maximum atomic E-state index is 9.52. The maximum absolute atomic E-state index is 9.52. The number of rotatable bonds is 5. The van der Waals surface area contributed by atoms with Crippen molar-refractivity contribution in [2.75, 3.05) is 11.9 Å². The summed E-state index contributed by atoms with van der Waals surface area (Å²) in [6, 6.07) is 2.31. The summed E-state index contributed by atoms with van der Waals surface area (Å²) in [5, 5.41) is 21.4. The number of nitrogens with zero attached hydrogens (tertiary/aromatic N) is 5. The fraction of sp³-hybridized carbons (Fsp3) is 0.529. The van der Waals surface area contributed by atoms with Gasteiger partial charge in [0.15, 0.2) is 5.82 Å². The van der Waals surface area contributed by atoms with Gasteiger partial charge in [0.25, 0.3) is 0 Å². The van der Waals surface area contributed by atoms with E-state index in [9.17, 15) is 5.26 Å². The first-order chi connectivity index (χ1) is 11.3. The third-order valence-electron chi connectivity index (χ3n) is 4.55. The van der Waals surface area contributed by atoms with Crippen LogP contribution in [0.1, 0.15) is 42.9 Å². The van der Waals surface area contributed by atoms with E-state index >= 15 is 0 Å². The molecule has 1 aliphatic heterocycles. The molecule has 0 radical (unpaired) electrons. The lowest BCUT2D eigenvalue weighted by molar-refractivity contribution is 0.381. The highest BCUT2D eigenvalue weighted by molar-refractivity contribution is 5.56. The molecule has 0 aromatic carbocycles. The van der Waals surface area contributed by atoms with Crippen molar-refractivity contribution in [2.24, 2.45) is 5.92 Å². The van der Waals surface area contributed by atoms with Crippen LogP contribution in [0, 0.1) is 17.2 Å². The van der Waals surface area contributed by atoms with Crippen LogP contribution in [0.4, 0.5) is 5.82 Å². The SMILES string of the molecule is CCc1nnc(NCC2CCc3nccn3C2)c(C#N)c1CC. The minimum atomic E-state index is 0.515. The lowest BCUT2D eigenvalue weighted by Gasteiger charge is -2.24. The summed E-state index contributed by atoms with van der Waals surface area (Å²) in [5.74, 6) is 2.30. The number of hydrogen-bond donors (Lipinski definition) is 1. The second kappa shape index (κ2) is 6.78. The van der Waals surface area contributed by atoms with E-state index in [2.05, 4.69) is 38.1 Å². The molecule has 2 aromatic heterocycles. The summed E-state index contributed by atoms with van der Waals surface area (Å²) in [5.41, 5.74) is 2.60. The van der Waals surface area contributed by atoms with Crippen molar-refractivity contribution >= 4 is 5.82 Å². The van der Waals surface area contributed by atoms with E-state index in [1.54, 1.807) is 0 Å². The number of nitriles is 1. The molecule has 1 aliphatic rings. The molecule has 0 fully saturated rings. The van der Waals surface area contributed by atoms with Crippen LogP contribution in [-0.2, 0) is 25.8 Å². The van der Waals surface area contributed by atoms with Gasteiger partial charge in [0.2, 0.25) is 0 Å². The average molecular weight is 310 g/mol. The highest BCUT2D eigenvalue weighted by Crippen LogP contribution is 2.22. The van der Waals surface area contributed by atoms with Crippen molar-refractivity contribution in [1.29, 1.82) is 5.26 Å². The smallest absolute Gasteiger partial charge is 0.166 e. The Morgan fingerprint density at radius 3 is 2.96 bits per heavy atom. The fourth-order valence-corrected chi connectivity index (χ4v) is 3.26. The predicted octanol–water partition coefficient (Wildman–Crippen LogP) is 2.34. The van der Waals surface area contributed by atoms with E-state index in [4.69, 9.17) is 0 Å². The first-order valence-corrected chi connectivity index (χ1v) is 8.29. The van der Waals surface area contributed by atoms with Gasteiger partial charge in [-0.1, -0.05) is 13.8 Å². The van der Waals surface area contributed by atoms with Gasteiger partial charge in [-0.2, -0.15) is 10.4 Å². The van der Waals surface area contributed by atoms with E-state index in [1.807, 2.05) is 19.3 Å². The Balaban J connectivity index is 1.73. The lowest BCUT2D eigenvalue weighted by atomic mass is 9.99. The summed E-state index contributed by atoms with van der Waals surface area (Å²) in [6.07, 6.45) is 7.61. The third-order valence-corrected chi connectivity index (χ3v) is 4.55. The van der Waals surface area contributed by atoms with Crippen LogP contribution in [0.2, 0.25) is 0 Å². The van der Waals surface area contributed by atoms with Crippen LogP contribution in [0.25, 0.3) is 0 Å². The van der Waals surface area contributed by atoms with Gasteiger partial charge in [0.05, 0.1) is 5.69 Å². The Bertz CT molecular complexity index is 727. The molecule has 0 amide bonds. The maximum Gasteiger partial charge on any atom is 0.166 e. The highest BCUT2D eigenvalue weighted by atomic mass is 15.2. The van der Waals surface area contributed by atoms with Crippen molar-refractivity contribution in [3.63, 3.8) is 0 Å². The standard InChI is InChI=1S/C17H22N6/c1-3-13-14(9-18)17(22-21-15(13)4-2)20-10-12-5-6-16-19-7-8-23(16)11-12/h7-8,12H,3-6,10-11H2,1-2H3,(H,20,22). The Kier molecular flexibility index (Phi) is 4.56. The fourth-order valence-electron chi connectivity index (χ4n) is 3.26. The largest absolute Gasteiger partial charge is 0.367 e. The van der Waals surface area contributed by atoms with Gasteiger partial charge in [0.1, 0.15) is 17.5 Å². The van der Waals surface area contributed by atoms with Crippen molar-refractivity contribution < 1.29 is 0 Å². The zero-order valence-electron chi connectivity index (χ0n) is 13.7. The minimum Gasteiger partial charge on any atom is -0.367 e. The van der Waals surface area contributed by atoms with Crippen LogP contribution in [0.15, 0.2) is 12.4 Å². The van der Waals surface area contributed by atoms with Crippen LogP contribution < -0.4 is 5.32 Å². The van der Waals surface area contributed by atoms with Gasteiger partial charge in [0, 0.05) is 31.9 Å². The van der Waals surface area contributed by atoms with Gasteiger partial charge in [-0.15, -0.1) is 5.10 Å². The number of nitrogens with one attached hydrogen (secondary N) is 1. The molecule has 0 bridgehead atoms. The molecular weight excluding hydrogens is 288 g/mol. The van der Waals surface area contributed by atoms with Crippen molar-refractivity contribution in [3.05, 3.63) is 35.0 Å². The van der Waals surface area contributed by atoms with Gasteiger partial charge in [-0.25, -0.2) is 4.98 Å². The number of imidazole rings is 1. The van der Waals surface area contributed by atoms with Gasteiger partial charge in [-0.05, 0) is 30.7 Å². The van der Waals surface area contributed by atoms with Crippen molar-refractivity contribution in [3.8, 4) is 6.07 Å². The van der Waals surface area contributed by atoms with Gasteiger partial charge in [-0.3, -0.25) is 0 Å². The Morgan fingerprint density at radius 2 is 2.22 bits per heavy atom. The lowest BCUT2D eigenvalue weighted by Crippen LogP contribution is -2.26. The van der Waals surface area contributed by atoms with E-state index in [-0.39, 0.29) is 0 Å². The molecule has 3 heterocycles. The summed E-state index contributed by atoms with van der Waals surface area (Å²) in [6.45, 7) is 5.87. The first-order valence-electron chi connectivity index (χ1n) is 8.29. The number of aromatic nitrogens is 4. The molecule has 2 aromatic rings. The number of fused-ring (bicyclic) bond motifs is 1. The summed E-state index contributed by atoms with van der Waals surface area (Å²) in [4.78, 5) is 4.36. The van der Waals surface area contributed by atoms with Gasteiger partial charge >= 0.3 is 0 Å². The molecule has 6 heteroatoms. The van der Waals surface area contributed by atoms with E-state index in [0.29, 0.717) is 17.3 Å². The third kappa shape index (κ3) is 3.04. The zero-order chi connectivity index (χ0) is 16.2. The van der Waals surface area contributed by atoms with Crippen molar-refractivity contribution in [1.82, 2.24) is 19.7 Å². The van der Waals surface area contributed by atoms with E-state index in [1.165, 1.54) is 5.82 Å². The quantitative estimate of drug-likeness (QED) is 0.917. The van der Waals surface area contributed by atoms with Crippen LogP contribution in [-0.4, -0.2) is 26.3 Å². The normalized spacial score (nSPS) is 16.7. The molecule has 1 N–H and O–H groups in total. The van der Waals surface area contributed by atoms with Crippen molar-refractivity contribution in [2.45, 2.75) is 46.1 Å². The monoisotopic (exact) mass is 310 g/mol. The number of aryl methyl sites for hydroxylation is 2. The highest BCUT2D eigenvalue weighted by Gasteiger charge is 2.20. The Hall–Kier alpha value is -2.42. The Morgan fingerprint density at radius 1 is 1.35 bits per heavy atom. The molecule has 120 valence electrons. The van der Waals surface area contributed by atoms with Gasteiger partial charge < -0.3 is 9.88 Å². The van der Waals surface area contributed by atoms with E-state index < -0.39 is 0 Å². The molecule has 6 nitrogen and oxygen atoms in total. The minimum absolute atomic E-state index is 0.515. The number of anilines is 1. The molecular formula is C17H22N6. The topological polar surface area (TPSA) is 79.4 Å². The summed E-state index contributed by atoms with van der Waals surface area (Å²) < 4.78 is 2.21. The molecule has 0 saturated heterocycles. The van der Waals surface area contributed by atoms with Crippen LogP contribution >= 0.6 is 0 Å². The first kappa shape index (κ1) is 15.5. The molecule has 1 unspecified atom stereocenters. The number of hydrogen-bond acceptors (Lipinski definition) is 5. The molecule has 3 rings (SSSR count). The van der Waals surface area contributed by atoms with E-state index in [0.717, 1.165) is 50.0 Å². The molecule has 0 aliphatic carbocycles. The van der Waals surface area contributed by atoms with Crippen LogP contribution in [0.5, 0.6) is 0 Å². The second-order valence-corrected chi connectivity index (χ2v) is 5.95. The molecule has 23 heavy (non-hydrogen) atoms. The zero-order valence-corrected chi connectivity index (χ0v) is 13.7. The molecule has 0 saturated carbocycles. The molecule has 1 atom stereocenters. The Labute approximate surface area is 136 Å². The predicted molar refractivity (Wildman–Crippen MR) is 88.0 cm³/mol. The van der Waals surface area contributed by atoms with Crippen LogP contribution in [0.3, 0.4) is 0 Å². The average Bonchev–Trinajstić information content (AvgIpc) is 3.06.